The lowest BCUT2D eigenvalue weighted by atomic mass is 10.3. The highest BCUT2D eigenvalue weighted by molar-refractivity contribution is 5.92. The Morgan fingerprint density at radius 2 is 2.38 bits per heavy atom. The minimum Gasteiger partial charge on any atom is -0.467 e. The molecule has 0 unspecified atom stereocenters. The third kappa shape index (κ3) is 2.44. The molecule has 2 aromatic rings. The monoisotopic (exact) mass is 217 g/mol. The van der Waals surface area contributed by atoms with Gasteiger partial charge in [-0.1, -0.05) is 0 Å². The summed E-state index contributed by atoms with van der Waals surface area (Å²) in [5, 5.41) is 2.71. The van der Waals surface area contributed by atoms with E-state index >= 15 is 0 Å². The molecule has 0 atom stereocenters. The summed E-state index contributed by atoms with van der Waals surface area (Å²) < 4.78 is 5.10. The molecule has 0 fully saturated rings. The maximum atomic E-state index is 11.6. The minimum atomic E-state index is -0.234. The number of nitrogens with one attached hydrogen (secondary N) is 1. The molecule has 2 aromatic heterocycles. The summed E-state index contributed by atoms with van der Waals surface area (Å²) in [4.78, 5) is 19.6. The first-order valence-electron chi connectivity index (χ1n) is 4.86. The van der Waals surface area contributed by atoms with E-state index < -0.39 is 0 Å². The first-order valence-corrected chi connectivity index (χ1v) is 4.86. The van der Waals surface area contributed by atoms with Crippen molar-refractivity contribution in [3.63, 3.8) is 0 Å². The largest absolute Gasteiger partial charge is 0.467 e. The zero-order valence-electron chi connectivity index (χ0n) is 8.80. The van der Waals surface area contributed by atoms with E-state index in [1.807, 2.05) is 0 Å². The second kappa shape index (κ2) is 4.57. The fourth-order valence-corrected chi connectivity index (χ4v) is 1.25. The van der Waals surface area contributed by atoms with Gasteiger partial charge in [-0.2, -0.15) is 0 Å². The van der Waals surface area contributed by atoms with Crippen molar-refractivity contribution in [3.05, 3.63) is 47.9 Å². The van der Waals surface area contributed by atoms with Gasteiger partial charge < -0.3 is 9.73 Å². The second-order valence-electron chi connectivity index (χ2n) is 3.25. The van der Waals surface area contributed by atoms with Crippen LogP contribution in [0.25, 0.3) is 0 Å². The van der Waals surface area contributed by atoms with Crippen LogP contribution >= 0.6 is 0 Å². The molecule has 1 amide bonds. The minimum absolute atomic E-state index is 0.234. The summed E-state index contributed by atoms with van der Waals surface area (Å²) in [5.41, 5.74) is 0.360. The molecule has 0 bridgehead atoms. The summed E-state index contributed by atoms with van der Waals surface area (Å²) in [6.45, 7) is 2.10. The lowest BCUT2D eigenvalue weighted by Crippen LogP contribution is -2.23. The van der Waals surface area contributed by atoms with E-state index in [0.29, 0.717) is 23.8 Å². The van der Waals surface area contributed by atoms with Gasteiger partial charge in [0.2, 0.25) is 0 Å². The van der Waals surface area contributed by atoms with Gasteiger partial charge in [0.25, 0.3) is 5.91 Å². The van der Waals surface area contributed by atoms with Gasteiger partial charge in [0.1, 0.15) is 17.3 Å². The molecule has 0 aliphatic heterocycles. The lowest BCUT2D eigenvalue weighted by molar-refractivity contribution is 0.0942. The van der Waals surface area contributed by atoms with Crippen molar-refractivity contribution >= 4 is 5.91 Å². The number of carbonyl (C=O) groups is 1. The highest BCUT2D eigenvalue weighted by atomic mass is 16.3. The van der Waals surface area contributed by atoms with E-state index in [2.05, 4.69) is 15.3 Å². The number of carbonyl (C=O) groups excluding carboxylic acids is 1. The highest BCUT2D eigenvalue weighted by Gasteiger charge is 2.07. The van der Waals surface area contributed by atoms with Gasteiger partial charge >= 0.3 is 0 Å². The van der Waals surface area contributed by atoms with E-state index in [1.165, 1.54) is 0 Å². The Morgan fingerprint density at radius 3 is 3.06 bits per heavy atom. The third-order valence-corrected chi connectivity index (χ3v) is 2.01. The number of nitrogens with zero attached hydrogens (tertiary/aromatic N) is 2. The molecule has 0 saturated heterocycles. The van der Waals surface area contributed by atoms with E-state index in [1.54, 1.807) is 37.6 Å². The zero-order chi connectivity index (χ0) is 11.4. The van der Waals surface area contributed by atoms with Crippen LogP contribution in [0.4, 0.5) is 0 Å². The standard InChI is InChI=1S/C11H11N3O2/c1-8-12-5-4-10(14-8)11(15)13-7-9-3-2-6-16-9/h2-6H,7H2,1H3,(H,13,15). The molecule has 82 valence electrons. The van der Waals surface area contributed by atoms with Gasteiger partial charge in [0, 0.05) is 6.20 Å². The lowest BCUT2D eigenvalue weighted by Gasteiger charge is -2.02. The number of aromatic nitrogens is 2. The average molecular weight is 217 g/mol. The first kappa shape index (κ1) is 10.4. The zero-order valence-corrected chi connectivity index (χ0v) is 8.80. The van der Waals surface area contributed by atoms with Crippen molar-refractivity contribution in [3.8, 4) is 0 Å². The Bertz CT molecular complexity index is 480. The van der Waals surface area contributed by atoms with Crippen LogP contribution in [-0.4, -0.2) is 15.9 Å². The Kier molecular flexibility index (Phi) is 2.95. The molecule has 0 radical (unpaired) electrons. The number of amides is 1. The predicted octanol–water partition coefficient (Wildman–Crippen LogP) is 1.31. The SMILES string of the molecule is Cc1nccc(C(=O)NCc2ccco2)n1. The molecular weight excluding hydrogens is 206 g/mol. The summed E-state index contributed by atoms with van der Waals surface area (Å²) >= 11 is 0. The van der Waals surface area contributed by atoms with Crippen LogP contribution in [-0.2, 0) is 6.54 Å². The molecule has 0 spiro atoms. The van der Waals surface area contributed by atoms with Crippen molar-refractivity contribution in [2.24, 2.45) is 0 Å². The van der Waals surface area contributed by atoms with Crippen molar-refractivity contribution in [2.75, 3.05) is 0 Å². The van der Waals surface area contributed by atoms with E-state index in [0.717, 1.165) is 0 Å². The topological polar surface area (TPSA) is 68.0 Å². The summed E-state index contributed by atoms with van der Waals surface area (Å²) in [6, 6.07) is 5.15. The van der Waals surface area contributed by atoms with Crippen LogP contribution < -0.4 is 5.32 Å². The van der Waals surface area contributed by atoms with Gasteiger partial charge in [0.15, 0.2) is 0 Å². The van der Waals surface area contributed by atoms with Crippen LogP contribution in [0.5, 0.6) is 0 Å². The fourth-order valence-electron chi connectivity index (χ4n) is 1.25. The first-order chi connectivity index (χ1) is 7.75. The van der Waals surface area contributed by atoms with Gasteiger partial charge in [-0.25, -0.2) is 9.97 Å². The number of furan rings is 1. The van der Waals surface area contributed by atoms with Crippen molar-refractivity contribution in [2.45, 2.75) is 13.5 Å². The molecule has 1 N–H and O–H groups in total. The van der Waals surface area contributed by atoms with Crippen molar-refractivity contribution in [1.82, 2.24) is 15.3 Å². The van der Waals surface area contributed by atoms with E-state index in [9.17, 15) is 4.79 Å². The van der Waals surface area contributed by atoms with Gasteiger partial charge in [-0.05, 0) is 25.1 Å². The fraction of sp³-hybridized carbons (Fsp3) is 0.182. The van der Waals surface area contributed by atoms with Crippen LogP contribution in [0.2, 0.25) is 0 Å². The van der Waals surface area contributed by atoms with Crippen molar-refractivity contribution < 1.29 is 9.21 Å². The number of rotatable bonds is 3. The molecule has 5 heteroatoms. The smallest absolute Gasteiger partial charge is 0.270 e. The quantitative estimate of drug-likeness (QED) is 0.841. The maximum Gasteiger partial charge on any atom is 0.270 e. The second-order valence-corrected chi connectivity index (χ2v) is 3.25. The molecule has 0 saturated carbocycles. The summed E-state index contributed by atoms with van der Waals surface area (Å²) in [7, 11) is 0. The predicted molar refractivity (Wildman–Crippen MR) is 56.6 cm³/mol. The molecule has 0 aliphatic rings. The van der Waals surface area contributed by atoms with Crippen molar-refractivity contribution in [1.29, 1.82) is 0 Å². The van der Waals surface area contributed by atoms with Gasteiger partial charge in [-0.15, -0.1) is 0 Å². The van der Waals surface area contributed by atoms with Crippen LogP contribution in [0, 0.1) is 6.92 Å². The number of aryl methyl sites for hydroxylation is 1. The molecule has 0 aromatic carbocycles. The summed E-state index contributed by atoms with van der Waals surface area (Å²) in [6.07, 6.45) is 3.13. The van der Waals surface area contributed by atoms with Gasteiger partial charge in [-0.3, -0.25) is 4.79 Å². The maximum absolute atomic E-state index is 11.6. The highest BCUT2D eigenvalue weighted by Crippen LogP contribution is 2.00. The average Bonchev–Trinajstić information content (AvgIpc) is 2.78. The van der Waals surface area contributed by atoms with Gasteiger partial charge in [0.05, 0.1) is 12.8 Å². The Labute approximate surface area is 92.5 Å². The third-order valence-electron chi connectivity index (χ3n) is 2.01. The molecule has 0 aliphatic carbocycles. The Hall–Kier alpha value is -2.17. The molecule has 2 rings (SSSR count). The normalized spacial score (nSPS) is 10.1. The van der Waals surface area contributed by atoms with Crippen LogP contribution in [0.1, 0.15) is 22.1 Å². The number of hydrogen-bond donors (Lipinski definition) is 1. The van der Waals surface area contributed by atoms with E-state index in [-0.39, 0.29) is 5.91 Å². The molecule has 2 heterocycles. The van der Waals surface area contributed by atoms with E-state index in [4.69, 9.17) is 4.42 Å². The van der Waals surface area contributed by atoms with Crippen LogP contribution in [0.3, 0.4) is 0 Å². The Balaban J connectivity index is 1.98. The number of hydrogen-bond acceptors (Lipinski definition) is 4. The Morgan fingerprint density at radius 1 is 1.50 bits per heavy atom. The molecule has 16 heavy (non-hydrogen) atoms. The molecule has 5 nitrogen and oxygen atoms in total. The molecular formula is C11H11N3O2. The van der Waals surface area contributed by atoms with Crippen LogP contribution in [0.15, 0.2) is 35.1 Å². The summed E-state index contributed by atoms with van der Waals surface area (Å²) in [5.74, 6) is 1.05.